The molecular weight excluding hydrogens is 394 g/mol. The summed E-state index contributed by atoms with van der Waals surface area (Å²) in [5.41, 5.74) is -1.93. The highest BCUT2D eigenvalue weighted by atomic mass is 79.9. The van der Waals surface area contributed by atoms with Gasteiger partial charge in [-0.2, -0.15) is 4.57 Å². The monoisotopic (exact) mass is 417 g/mol. The van der Waals surface area contributed by atoms with E-state index in [9.17, 15) is 19.2 Å². The Morgan fingerprint density at radius 1 is 1.24 bits per heavy atom. The van der Waals surface area contributed by atoms with Crippen molar-refractivity contribution in [2.75, 3.05) is 13.2 Å². The van der Waals surface area contributed by atoms with Gasteiger partial charge in [0.1, 0.15) is 4.47 Å². The highest BCUT2D eigenvalue weighted by Crippen LogP contribution is 2.01. The van der Waals surface area contributed by atoms with Crippen LogP contribution in [0.2, 0.25) is 0 Å². The Morgan fingerprint density at radius 3 is 2.52 bits per heavy atom. The van der Waals surface area contributed by atoms with Crippen LogP contribution in [0.3, 0.4) is 0 Å². The zero-order chi connectivity index (χ0) is 19.0. The Labute approximate surface area is 154 Å². The van der Waals surface area contributed by atoms with Crippen LogP contribution in [0.15, 0.2) is 20.3 Å². The van der Waals surface area contributed by atoms with Crippen LogP contribution in [0.25, 0.3) is 0 Å². The van der Waals surface area contributed by atoms with Crippen LogP contribution in [0.1, 0.15) is 46.5 Å². The van der Waals surface area contributed by atoms with Gasteiger partial charge in [-0.1, -0.05) is 40.0 Å². The van der Waals surface area contributed by atoms with Crippen molar-refractivity contribution < 1.29 is 14.3 Å². The van der Waals surface area contributed by atoms with E-state index in [1.165, 1.54) is 0 Å². The van der Waals surface area contributed by atoms with Crippen molar-refractivity contribution in [1.29, 1.82) is 0 Å². The fourth-order valence-electron chi connectivity index (χ4n) is 1.97. The molecule has 0 aliphatic carbocycles. The lowest BCUT2D eigenvalue weighted by molar-refractivity contribution is 0.132. The summed E-state index contributed by atoms with van der Waals surface area (Å²) in [7, 11) is 0. The van der Waals surface area contributed by atoms with Crippen molar-refractivity contribution in [1.82, 2.24) is 14.5 Å². The first kappa shape index (κ1) is 21.1. The molecule has 0 aliphatic rings. The molecule has 0 saturated heterocycles. The Morgan fingerprint density at radius 2 is 1.92 bits per heavy atom. The number of nitrogens with zero attached hydrogens (tertiary/aromatic N) is 2. The number of nitrogens with one attached hydrogen (secondary N) is 1. The maximum Gasteiger partial charge on any atom is 0.425 e. The molecule has 8 nitrogen and oxygen atoms in total. The number of carbonyl (C=O) groups excluding carboxylic acids is 2. The number of aromatic nitrogens is 2. The van der Waals surface area contributed by atoms with Gasteiger partial charge in [0, 0.05) is 12.7 Å². The standard InChI is InChI=1S/C16H24BrN3O5/c1-4-5-6-7-8-18-14(22)19-9-12(17)13(21)20(15(19)23)16(24)25-10-11(2)3/h9,11H,4-8,10H2,1-3H3,(H,18,22). The van der Waals surface area contributed by atoms with Gasteiger partial charge in [-0.05, 0) is 28.3 Å². The molecule has 9 heteroatoms. The van der Waals surface area contributed by atoms with Crippen molar-refractivity contribution in [3.8, 4) is 0 Å². The van der Waals surface area contributed by atoms with Gasteiger partial charge in [-0.25, -0.2) is 19.0 Å². The maximum absolute atomic E-state index is 12.3. The van der Waals surface area contributed by atoms with Crippen LogP contribution in [-0.4, -0.2) is 34.4 Å². The summed E-state index contributed by atoms with van der Waals surface area (Å²) in [5, 5.41) is 2.60. The fourth-order valence-corrected chi connectivity index (χ4v) is 2.35. The maximum atomic E-state index is 12.3. The van der Waals surface area contributed by atoms with Gasteiger partial charge in [0.15, 0.2) is 0 Å². The molecule has 1 heterocycles. The van der Waals surface area contributed by atoms with Gasteiger partial charge in [-0.15, -0.1) is 0 Å². The summed E-state index contributed by atoms with van der Waals surface area (Å²) in [4.78, 5) is 48.6. The summed E-state index contributed by atoms with van der Waals surface area (Å²) in [6, 6.07) is -0.701. The number of ether oxygens (including phenoxy) is 1. The smallest absolute Gasteiger partial charge is 0.425 e. The zero-order valence-electron chi connectivity index (χ0n) is 14.7. The van der Waals surface area contributed by atoms with Crippen LogP contribution in [0.5, 0.6) is 0 Å². The van der Waals surface area contributed by atoms with Gasteiger partial charge in [0.05, 0.1) is 6.61 Å². The molecule has 1 rings (SSSR count). The first-order chi connectivity index (χ1) is 11.8. The average Bonchev–Trinajstić information content (AvgIpc) is 2.56. The van der Waals surface area contributed by atoms with Crippen LogP contribution in [-0.2, 0) is 4.74 Å². The SMILES string of the molecule is CCCCCCNC(=O)n1cc(Br)c(=O)n(C(=O)OCC(C)C)c1=O. The minimum Gasteiger partial charge on any atom is -0.448 e. The van der Waals surface area contributed by atoms with E-state index < -0.39 is 23.4 Å². The lowest BCUT2D eigenvalue weighted by Crippen LogP contribution is -2.48. The predicted molar refractivity (Wildman–Crippen MR) is 97.2 cm³/mol. The highest BCUT2D eigenvalue weighted by Gasteiger charge is 2.20. The van der Waals surface area contributed by atoms with Crippen LogP contribution in [0, 0.1) is 5.92 Å². The number of unbranched alkanes of at least 4 members (excludes halogenated alkanes) is 3. The van der Waals surface area contributed by atoms with E-state index in [0.29, 0.717) is 15.7 Å². The van der Waals surface area contributed by atoms with Crippen molar-refractivity contribution >= 4 is 28.1 Å². The number of rotatable bonds is 7. The number of amides is 1. The molecule has 1 amide bonds. The molecule has 0 fully saturated rings. The Hall–Kier alpha value is -1.90. The van der Waals surface area contributed by atoms with Crippen molar-refractivity contribution in [2.24, 2.45) is 5.92 Å². The molecule has 0 aromatic carbocycles. The topological polar surface area (TPSA) is 99.4 Å². The second kappa shape index (κ2) is 10.2. The second-order valence-corrected chi connectivity index (χ2v) is 6.89. The molecule has 1 N–H and O–H groups in total. The summed E-state index contributed by atoms with van der Waals surface area (Å²) in [5.74, 6) is 0.0421. The molecule has 0 radical (unpaired) electrons. The van der Waals surface area contributed by atoms with E-state index in [0.717, 1.165) is 31.9 Å². The Kier molecular flexibility index (Phi) is 8.60. The van der Waals surface area contributed by atoms with Gasteiger partial charge in [0.25, 0.3) is 5.56 Å². The van der Waals surface area contributed by atoms with Gasteiger partial charge < -0.3 is 10.1 Å². The number of halogens is 1. The van der Waals surface area contributed by atoms with Gasteiger partial charge in [-0.3, -0.25) is 4.79 Å². The van der Waals surface area contributed by atoms with Gasteiger partial charge >= 0.3 is 17.8 Å². The molecule has 0 atom stereocenters. The van der Waals surface area contributed by atoms with Crippen molar-refractivity contribution in [2.45, 2.75) is 46.5 Å². The number of carbonyl (C=O) groups is 2. The fraction of sp³-hybridized carbons (Fsp3) is 0.625. The first-order valence-corrected chi connectivity index (χ1v) is 9.08. The largest absolute Gasteiger partial charge is 0.448 e. The third-order valence-electron chi connectivity index (χ3n) is 3.30. The zero-order valence-corrected chi connectivity index (χ0v) is 16.3. The average molecular weight is 418 g/mol. The first-order valence-electron chi connectivity index (χ1n) is 8.29. The molecule has 140 valence electrons. The molecule has 1 aromatic heterocycles. The minimum atomic E-state index is -1.10. The van der Waals surface area contributed by atoms with Crippen molar-refractivity contribution in [3.63, 3.8) is 0 Å². The van der Waals surface area contributed by atoms with E-state index in [1.807, 2.05) is 13.8 Å². The third-order valence-corrected chi connectivity index (χ3v) is 3.84. The molecular formula is C16H24BrN3O5. The molecule has 1 aromatic rings. The van der Waals surface area contributed by atoms with Crippen LogP contribution in [0.4, 0.5) is 9.59 Å². The molecule has 0 unspecified atom stereocenters. The molecule has 0 bridgehead atoms. The van der Waals surface area contributed by atoms with Crippen LogP contribution >= 0.6 is 15.9 Å². The number of hydrogen-bond donors (Lipinski definition) is 1. The summed E-state index contributed by atoms with van der Waals surface area (Å²) in [6.07, 6.45) is 3.84. The summed E-state index contributed by atoms with van der Waals surface area (Å²) in [6.45, 7) is 6.18. The van der Waals surface area contributed by atoms with E-state index in [4.69, 9.17) is 4.74 Å². The molecule has 0 saturated carbocycles. The Bertz CT molecular complexity index is 723. The molecule has 0 spiro atoms. The van der Waals surface area contributed by atoms with E-state index in [2.05, 4.69) is 28.2 Å². The quantitative estimate of drug-likeness (QED) is 0.687. The van der Waals surface area contributed by atoms with E-state index in [1.54, 1.807) is 0 Å². The van der Waals surface area contributed by atoms with Crippen LogP contribution < -0.4 is 16.6 Å². The van der Waals surface area contributed by atoms with Crippen molar-refractivity contribution in [3.05, 3.63) is 31.5 Å². The van der Waals surface area contributed by atoms with E-state index >= 15 is 0 Å². The summed E-state index contributed by atoms with van der Waals surface area (Å²) < 4.78 is 5.83. The molecule has 0 aliphatic heterocycles. The molecule has 25 heavy (non-hydrogen) atoms. The minimum absolute atomic E-state index is 0.0421. The highest BCUT2D eigenvalue weighted by molar-refractivity contribution is 9.10. The Balaban J connectivity index is 2.98. The second-order valence-electron chi connectivity index (χ2n) is 6.03. The lowest BCUT2D eigenvalue weighted by Gasteiger charge is -2.11. The predicted octanol–water partition coefficient (Wildman–Crippen LogP) is 2.55. The normalized spacial score (nSPS) is 10.8. The summed E-state index contributed by atoms with van der Waals surface area (Å²) >= 11 is 2.97. The van der Waals surface area contributed by atoms with E-state index in [-0.39, 0.29) is 17.0 Å². The lowest BCUT2D eigenvalue weighted by atomic mass is 10.2. The third kappa shape index (κ3) is 6.15. The number of hydrogen-bond acceptors (Lipinski definition) is 5. The van der Waals surface area contributed by atoms with Gasteiger partial charge in [0.2, 0.25) is 0 Å².